The lowest BCUT2D eigenvalue weighted by Crippen LogP contribution is -2.28. The van der Waals surface area contributed by atoms with Crippen molar-refractivity contribution in [1.82, 2.24) is 0 Å². The third-order valence-corrected chi connectivity index (χ3v) is 2.52. The SMILES string of the molecule is CCCCC1COC(=O)C(C)C1. The summed E-state index contributed by atoms with van der Waals surface area (Å²) in [5, 5.41) is 0. The molecule has 0 saturated carbocycles. The van der Waals surface area contributed by atoms with Crippen molar-refractivity contribution in [3.05, 3.63) is 0 Å². The van der Waals surface area contributed by atoms with Crippen LogP contribution in [-0.4, -0.2) is 12.6 Å². The average molecular weight is 170 g/mol. The molecule has 0 aromatic heterocycles. The minimum absolute atomic E-state index is 0.0113. The zero-order chi connectivity index (χ0) is 8.97. The second kappa shape index (κ2) is 4.48. The van der Waals surface area contributed by atoms with E-state index in [9.17, 15) is 4.79 Å². The summed E-state index contributed by atoms with van der Waals surface area (Å²) in [4.78, 5) is 11.0. The Kier molecular flexibility index (Phi) is 3.57. The molecule has 2 atom stereocenters. The van der Waals surface area contributed by atoms with Crippen LogP contribution in [0.5, 0.6) is 0 Å². The quantitative estimate of drug-likeness (QED) is 0.608. The molecule has 1 heterocycles. The van der Waals surface area contributed by atoms with Gasteiger partial charge in [0, 0.05) is 0 Å². The first-order chi connectivity index (χ1) is 5.74. The van der Waals surface area contributed by atoms with E-state index in [0.29, 0.717) is 12.5 Å². The molecule has 1 fully saturated rings. The third kappa shape index (κ3) is 2.50. The Morgan fingerprint density at radius 2 is 2.33 bits per heavy atom. The number of hydrogen-bond donors (Lipinski definition) is 0. The lowest BCUT2D eigenvalue weighted by Gasteiger charge is -2.25. The van der Waals surface area contributed by atoms with Gasteiger partial charge in [0.15, 0.2) is 0 Å². The molecule has 0 radical (unpaired) electrons. The first-order valence-corrected chi connectivity index (χ1v) is 4.90. The maximum Gasteiger partial charge on any atom is 0.308 e. The zero-order valence-corrected chi connectivity index (χ0v) is 8.01. The van der Waals surface area contributed by atoms with Gasteiger partial charge in [-0.2, -0.15) is 0 Å². The Morgan fingerprint density at radius 3 is 2.92 bits per heavy atom. The van der Waals surface area contributed by atoms with Gasteiger partial charge in [0.2, 0.25) is 0 Å². The van der Waals surface area contributed by atoms with Crippen LogP contribution in [0.2, 0.25) is 0 Å². The highest BCUT2D eigenvalue weighted by Crippen LogP contribution is 2.24. The molecule has 12 heavy (non-hydrogen) atoms. The standard InChI is InChI=1S/C10H18O2/c1-3-4-5-9-6-8(2)10(11)12-7-9/h8-9H,3-7H2,1-2H3. The Morgan fingerprint density at radius 1 is 1.58 bits per heavy atom. The lowest BCUT2D eigenvalue weighted by atomic mass is 9.90. The Hall–Kier alpha value is -0.530. The van der Waals surface area contributed by atoms with E-state index >= 15 is 0 Å². The van der Waals surface area contributed by atoms with E-state index in [2.05, 4.69) is 6.92 Å². The summed E-state index contributed by atoms with van der Waals surface area (Å²) in [6.07, 6.45) is 4.74. The minimum Gasteiger partial charge on any atom is -0.465 e. The molecule has 0 aliphatic carbocycles. The number of cyclic esters (lactones) is 1. The van der Waals surface area contributed by atoms with E-state index in [1.165, 1.54) is 19.3 Å². The number of hydrogen-bond acceptors (Lipinski definition) is 2. The van der Waals surface area contributed by atoms with Gasteiger partial charge in [0.05, 0.1) is 12.5 Å². The van der Waals surface area contributed by atoms with Gasteiger partial charge >= 0.3 is 5.97 Å². The molecule has 2 heteroatoms. The predicted molar refractivity (Wildman–Crippen MR) is 47.8 cm³/mol. The summed E-state index contributed by atoms with van der Waals surface area (Å²) in [6, 6.07) is 0. The number of esters is 1. The van der Waals surface area contributed by atoms with Gasteiger partial charge < -0.3 is 4.74 Å². The van der Waals surface area contributed by atoms with Crippen LogP contribution < -0.4 is 0 Å². The highest BCUT2D eigenvalue weighted by Gasteiger charge is 2.26. The van der Waals surface area contributed by atoms with Crippen LogP contribution in [-0.2, 0) is 9.53 Å². The van der Waals surface area contributed by atoms with Crippen LogP contribution in [0, 0.1) is 11.8 Å². The van der Waals surface area contributed by atoms with Crippen molar-refractivity contribution in [2.75, 3.05) is 6.61 Å². The van der Waals surface area contributed by atoms with E-state index in [-0.39, 0.29) is 11.9 Å². The van der Waals surface area contributed by atoms with Gasteiger partial charge in [-0.25, -0.2) is 0 Å². The van der Waals surface area contributed by atoms with Crippen molar-refractivity contribution in [1.29, 1.82) is 0 Å². The highest BCUT2D eigenvalue weighted by atomic mass is 16.5. The normalized spacial score (nSPS) is 30.0. The molecular formula is C10H18O2. The van der Waals surface area contributed by atoms with Gasteiger partial charge in [-0.1, -0.05) is 26.7 Å². The molecule has 0 aromatic rings. The molecule has 2 nitrogen and oxygen atoms in total. The second-order valence-electron chi connectivity index (χ2n) is 3.78. The van der Waals surface area contributed by atoms with Gasteiger partial charge in [-0.05, 0) is 18.8 Å². The molecule has 70 valence electrons. The maximum atomic E-state index is 11.0. The molecular weight excluding hydrogens is 152 g/mol. The van der Waals surface area contributed by atoms with E-state index in [4.69, 9.17) is 4.74 Å². The summed E-state index contributed by atoms with van der Waals surface area (Å²) < 4.78 is 5.06. The lowest BCUT2D eigenvalue weighted by molar-refractivity contribution is -0.155. The highest BCUT2D eigenvalue weighted by molar-refractivity contribution is 5.72. The molecule has 0 bridgehead atoms. The first kappa shape index (κ1) is 9.56. The summed E-state index contributed by atoms with van der Waals surface area (Å²) in [6.45, 7) is 4.81. The van der Waals surface area contributed by atoms with Crippen LogP contribution in [0.3, 0.4) is 0 Å². The van der Waals surface area contributed by atoms with Crippen molar-refractivity contribution in [3.63, 3.8) is 0 Å². The van der Waals surface area contributed by atoms with E-state index < -0.39 is 0 Å². The molecule has 1 saturated heterocycles. The van der Waals surface area contributed by atoms with Crippen LogP contribution in [0.25, 0.3) is 0 Å². The van der Waals surface area contributed by atoms with E-state index in [1.54, 1.807) is 0 Å². The van der Waals surface area contributed by atoms with E-state index in [0.717, 1.165) is 6.42 Å². The molecule has 0 N–H and O–H groups in total. The molecule has 2 unspecified atom stereocenters. The Balaban J connectivity index is 2.25. The van der Waals surface area contributed by atoms with Gasteiger partial charge in [-0.3, -0.25) is 4.79 Å². The second-order valence-corrected chi connectivity index (χ2v) is 3.78. The van der Waals surface area contributed by atoms with Crippen molar-refractivity contribution in [2.24, 2.45) is 11.8 Å². The minimum atomic E-state index is -0.0113. The summed E-state index contributed by atoms with van der Waals surface area (Å²) in [5.41, 5.74) is 0. The molecule has 0 aromatic carbocycles. The van der Waals surface area contributed by atoms with Crippen LogP contribution in [0.15, 0.2) is 0 Å². The number of unbranched alkanes of at least 4 members (excludes halogenated alkanes) is 1. The number of carbonyl (C=O) groups is 1. The largest absolute Gasteiger partial charge is 0.465 e. The fourth-order valence-corrected chi connectivity index (χ4v) is 1.70. The molecule has 1 aliphatic heterocycles. The Bertz CT molecular complexity index is 154. The maximum absolute atomic E-state index is 11.0. The molecule has 0 amide bonds. The monoisotopic (exact) mass is 170 g/mol. The van der Waals surface area contributed by atoms with Crippen molar-refractivity contribution in [3.8, 4) is 0 Å². The zero-order valence-electron chi connectivity index (χ0n) is 8.01. The predicted octanol–water partition coefficient (Wildman–Crippen LogP) is 2.38. The van der Waals surface area contributed by atoms with Gasteiger partial charge in [0.25, 0.3) is 0 Å². The van der Waals surface area contributed by atoms with Crippen molar-refractivity contribution in [2.45, 2.75) is 39.5 Å². The van der Waals surface area contributed by atoms with Crippen molar-refractivity contribution >= 4 is 5.97 Å². The van der Waals surface area contributed by atoms with Crippen LogP contribution >= 0.6 is 0 Å². The summed E-state index contributed by atoms with van der Waals surface area (Å²) in [5.74, 6) is 0.737. The van der Waals surface area contributed by atoms with Gasteiger partial charge in [0.1, 0.15) is 0 Å². The summed E-state index contributed by atoms with van der Waals surface area (Å²) >= 11 is 0. The molecule has 1 aliphatic rings. The molecule has 0 spiro atoms. The van der Waals surface area contributed by atoms with Crippen LogP contribution in [0.1, 0.15) is 39.5 Å². The smallest absolute Gasteiger partial charge is 0.308 e. The van der Waals surface area contributed by atoms with Gasteiger partial charge in [-0.15, -0.1) is 0 Å². The first-order valence-electron chi connectivity index (χ1n) is 4.90. The van der Waals surface area contributed by atoms with E-state index in [1.807, 2.05) is 6.92 Å². The van der Waals surface area contributed by atoms with Crippen LogP contribution in [0.4, 0.5) is 0 Å². The fraction of sp³-hybridized carbons (Fsp3) is 0.900. The summed E-state index contributed by atoms with van der Waals surface area (Å²) in [7, 11) is 0. The topological polar surface area (TPSA) is 26.3 Å². The number of carbonyl (C=O) groups excluding carboxylic acids is 1. The number of rotatable bonds is 3. The van der Waals surface area contributed by atoms with Crippen molar-refractivity contribution < 1.29 is 9.53 Å². The Labute approximate surface area is 74.3 Å². The molecule has 1 rings (SSSR count). The number of ether oxygens (including phenoxy) is 1. The third-order valence-electron chi connectivity index (χ3n) is 2.52. The average Bonchev–Trinajstić information content (AvgIpc) is 2.07. The fourth-order valence-electron chi connectivity index (χ4n) is 1.70.